The summed E-state index contributed by atoms with van der Waals surface area (Å²) in [6.45, 7) is 7.41. The molecule has 0 unspecified atom stereocenters. The van der Waals surface area contributed by atoms with Crippen molar-refractivity contribution in [1.82, 2.24) is 10.6 Å². The maximum Gasteiger partial charge on any atom is 0.312 e. The molecule has 6 N–H and O–H groups in total. The van der Waals surface area contributed by atoms with Crippen LogP contribution in [0.15, 0.2) is 24.3 Å². The summed E-state index contributed by atoms with van der Waals surface area (Å²) in [6.07, 6.45) is 0. The monoisotopic (exact) mass is 278 g/mol. The van der Waals surface area contributed by atoms with E-state index in [2.05, 4.69) is 10.6 Å². The molecular formula is C14H22N4O2. The molecule has 0 bridgehead atoms. The van der Waals surface area contributed by atoms with Crippen molar-refractivity contribution in [2.75, 3.05) is 0 Å². The highest BCUT2D eigenvalue weighted by molar-refractivity contribution is 5.73. The predicted molar refractivity (Wildman–Crippen MR) is 77.9 cm³/mol. The predicted octanol–water partition coefficient (Wildman–Crippen LogP) is 1.49. The molecule has 0 saturated carbocycles. The molecule has 20 heavy (non-hydrogen) atoms. The average molecular weight is 278 g/mol. The van der Waals surface area contributed by atoms with E-state index < -0.39 is 23.1 Å². The van der Waals surface area contributed by atoms with Crippen LogP contribution in [0.25, 0.3) is 0 Å². The van der Waals surface area contributed by atoms with Crippen molar-refractivity contribution < 1.29 is 9.59 Å². The van der Waals surface area contributed by atoms with Crippen molar-refractivity contribution in [3.05, 3.63) is 35.4 Å². The Kier molecular flexibility index (Phi) is 4.27. The first-order valence-electron chi connectivity index (χ1n) is 6.31. The Morgan fingerprint density at radius 1 is 0.900 bits per heavy atom. The van der Waals surface area contributed by atoms with Gasteiger partial charge in [-0.25, -0.2) is 9.59 Å². The second kappa shape index (κ2) is 5.40. The van der Waals surface area contributed by atoms with Crippen LogP contribution in [0.2, 0.25) is 0 Å². The summed E-state index contributed by atoms with van der Waals surface area (Å²) in [5.74, 6) is 0. The van der Waals surface area contributed by atoms with Gasteiger partial charge in [0.05, 0.1) is 11.1 Å². The fourth-order valence-corrected chi connectivity index (χ4v) is 2.06. The van der Waals surface area contributed by atoms with Crippen molar-refractivity contribution in [3.63, 3.8) is 0 Å². The minimum atomic E-state index is -0.607. The zero-order valence-electron chi connectivity index (χ0n) is 12.3. The van der Waals surface area contributed by atoms with Gasteiger partial charge in [0.25, 0.3) is 0 Å². The number of carbonyl (C=O) groups is 2. The van der Waals surface area contributed by atoms with Crippen LogP contribution in [-0.4, -0.2) is 12.1 Å². The molecule has 0 fully saturated rings. The molecule has 0 spiro atoms. The summed E-state index contributed by atoms with van der Waals surface area (Å²) in [5, 5.41) is 5.36. The first-order chi connectivity index (χ1) is 9.04. The van der Waals surface area contributed by atoms with Crippen LogP contribution in [0.3, 0.4) is 0 Å². The SMILES string of the molecule is CC(C)(NC(N)=O)c1cccc(C(C)(C)NC(N)=O)c1. The van der Waals surface area contributed by atoms with E-state index in [1.165, 1.54) is 0 Å². The maximum absolute atomic E-state index is 11.1. The minimum absolute atomic E-state index is 0.588. The lowest BCUT2D eigenvalue weighted by Crippen LogP contribution is -2.45. The van der Waals surface area contributed by atoms with Crippen LogP contribution < -0.4 is 22.1 Å². The molecule has 6 nitrogen and oxygen atoms in total. The summed E-state index contributed by atoms with van der Waals surface area (Å²) in [7, 11) is 0. The molecule has 1 rings (SSSR count). The number of nitrogens with one attached hydrogen (secondary N) is 2. The third kappa shape index (κ3) is 3.88. The van der Waals surface area contributed by atoms with E-state index >= 15 is 0 Å². The fraction of sp³-hybridized carbons (Fsp3) is 0.429. The minimum Gasteiger partial charge on any atom is -0.352 e. The normalized spacial score (nSPS) is 11.8. The number of benzene rings is 1. The zero-order chi connectivity index (χ0) is 15.6. The van der Waals surface area contributed by atoms with E-state index in [1.54, 1.807) is 0 Å². The number of rotatable bonds is 4. The standard InChI is InChI=1S/C14H22N4O2/c1-13(2,17-11(15)19)9-6-5-7-10(8-9)14(3,4)18-12(16)20/h5-8H,1-4H3,(H3,15,17,19)(H3,16,18,20). The highest BCUT2D eigenvalue weighted by Crippen LogP contribution is 2.26. The van der Waals surface area contributed by atoms with E-state index in [1.807, 2.05) is 52.0 Å². The summed E-state index contributed by atoms with van der Waals surface area (Å²) in [5.41, 5.74) is 10.9. The van der Waals surface area contributed by atoms with Gasteiger partial charge in [0.1, 0.15) is 0 Å². The molecule has 4 amide bonds. The average Bonchev–Trinajstić information content (AvgIpc) is 2.25. The van der Waals surface area contributed by atoms with E-state index in [-0.39, 0.29) is 0 Å². The largest absolute Gasteiger partial charge is 0.352 e. The third-order valence-electron chi connectivity index (χ3n) is 3.18. The van der Waals surface area contributed by atoms with Gasteiger partial charge in [0, 0.05) is 0 Å². The molecular weight excluding hydrogens is 256 g/mol. The highest BCUT2D eigenvalue weighted by Gasteiger charge is 2.26. The second-order valence-corrected chi connectivity index (χ2v) is 5.81. The Balaban J connectivity index is 3.13. The van der Waals surface area contributed by atoms with Gasteiger partial charge in [-0.3, -0.25) is 0 Å². The molecule has 1 aromatic rings. The van der Waals surface area contributed by atoms with Crippen molar-refractivity contribution in [3.8, 4) is 0 Å². The smallest absolute Gasteiger partial charge is 0.312 e. The Labute approximate surface area is 118 Å². The van der Waals surface area contributed by atoms with E-state index in [0.717, 1.165) is 11.1 Å². The number of urea groups is 2. The van der Waals surface area contributed by atoms with Gasteiger partial charge in [0.2, 0.25) is 0 Å². The molecule has 0 aliphatic rings. The zero-order valence-corrected chi connectivity index (χ0v) is 12.3. The first-order valence-corrected chi connectivity index (χ1v) is 6.31. The third-order valence-corrected chi connectivity index (χ3v) is 3.18. The molecule has 0 aromatic heterocycles. The number of hydrogen-bond acceptors (Lipinski definition) is 2. The number of carbonyl (C=O) groups excluding carboxylic acids is 2. The Morgan fingerprint density at radius 2 is 1.25 bits per heavy atom. The van der Waals surface area contributed by atoms with Crippen LogP contribution in [0.1, 0.15) is 38.8 Å². The van der Waals surface area contributed by atoms with E-state index in [9.17, 15) is 9.59 Å². The lowest BCUT2D eigenvalue weighted by Gasteiger charge is -2.30. The molecule has 110 valence electrons. The molecule has 1 aromatic carbocycles. The van der Waals surface area contributed by atoms with Crippen molar-refractivity contribution in [1.29, 1.82) is 0 Å². The van der Waals surface area contributed by atoms with Gasteiger partial charge < -0.3 is 22.1 Å². The van der Waals surface area contributed by atoms with Crippen LogP contribution in [0.5, 0.6) is 0 Å². The number of hydrogen-bond donors (Lipinski definition) is 4. The van der Waals surface area contributed by atoms with Crippen molar-refractivity contribution >= 4 is 12.1 Å². The van der Waals surface area contributed by atoms with Crippen LogP contribution in [0, 0.1) is 0 Å². The highest BCUT2D eigenvalue weighted by atomic mass is 16.2. The molecule has 0 aliphatic heterocycles. The fourth-order valence-electron chi connectivity index (χ4n) is 2.06. The number of amides is 4. The summed E-state index contributed by atoms with van der Waals surface area (Å²) in [4.78, 5) is 22.1. The van der Waals surface area contributed by atoms with Gasteiger partial charge in [-0.2, -0.15) is 0 Å². The van der Waals surface area contributed by atoms with Crippen molar-refractivity contribution in [2.24, 2.45) is 11.5 Å². The first kappa shape index (κ1) is 15.8. The Hall–Kier alpha value is -2.24. The van der Waals surface area contributed by atoms with Crippen LogP contribution in [0.4, 0.5) is 9.59 Å². The van der Waals surface area contributed by atoms with Crippen molar-refractivity contribution in [2.45, 2.75) is 38.8 Å². The molecule has 0 atom stereocenters. The molecule has 0 aliphatic carbocycles. The van der Waals surface area contributed by atoms with Crippen LogP contribution >= 0.6 is 0 Å². The van der Waals surface area contributed by atoms with Gasteiger partial charge in [-0.05, 0) is 38.8 Å². The molecule has 0 radical (unpaired) electrons. The van der Waals surface area contributed by atoms with E-state index in [4.69, 9.17) is 11.5 Å². The number of nitrogens with two attached hydrogens (primary N) is 2. The Morgan fingerprint density at radius 3 is 1.55 bits per heavy atom. The summed E-state index contributed by atoms with van der Waals surface area (Å²) >= 11 is 0. The van der Waals surface area contributed by atoms with Gasteiger partial charge in [-0.15, -0.1) is 0 Å². The van der Waals surface area contributed by atoms with Gasteiger partial charge in [0.15, 0.2) is 0 Å². The van der Waals surface area contributed by atoms with E-state index in [0.29, 0.717) is 0 Å². The molecule has 0 heterocycles. The lowest BCUT2D eigenvalue weighted by molar-refractivity contribution is 0.238. The maximum atomic E-state index is 11.1. The van der Waals surface area contributed by atoms with Gasteiger partial charge >= 0.3 is 12.1 Å². The van der Waals surface area contributed by atoms with Gasteiger partial charge in [-0.1, -0.05) is 24.3 Å². The Bertz CT molecular complexity index is 480. The second-order valence-electron chi connectivity index (χ2n) is 5.81. The molecule has 0 saturated heterocycles. The van der Waals surface area contributed by atoms with Crippen LogP contribution in [-0.2, 0) is 11.1 Å². The lowest BCUT2D eigenvalue weighted by atomic mass is 9.87. The quantitative estimate of drug-likeness (QED) is 0.669. The molecule has 6 heteroatoms. The topological polar surface area (TPSA) is 110 Å². The summed E-state index contributed by atoms with van der Waals surface area (Å²) < 4.78 is 0. The summed E-state index contributed by atoms with van der Waals surface area (Å²) in [6, 6.07) is 6.37. The number of primary amides is 2.